The van der Waals surface area contributed by atoms with E-state index in [0.717, 1.165) is 6.54 Å². The number of hydrogen-bond donors (Lipinski definition) is 1. The Bertz CT molecular complexity index is 468. The van der Waals surface area contributed by atoms with Gasteiger partial charge in [-0.25, -0.2) is 0 Å². The highest BCUT2D eigenvalue weighted by Gasteiger charge is 2.24. The standard InChI is InChI=1S/C14H20N2O3.ClH/c1-10-9-16(7-6-15-10)14(17)12-8-11(18-2)4-5-13(12)19-3;/h4-5,8,10,15H,6-7,9H2,1-3H3;1H/t10-;/m0./s1. The van der Waals surface area contributed by atoms with Crippen molar-refractivity contribution in [1.29, 1.82) is 0 Å². The van der Waals surface area contributed by atoms with E-state index in [4.69, 9.17) is 9.47 Å². The molecule has 1 aromatic rings. The minimum Gasteiger partial charge on any atom is -0.497 e. The zero-order valence-corrected chi connectivity index (χ0v) is 12.8. The van der Waals surface area contributed by atoms with Gasteiger partial charge in [0, 0.05) is 25.7 Å². The number of ether oxygens (including phenoxy) is 2. The number of benzene rings is 1. The Morgan fingerprint density at radius 2 is 2.10 bits per heavy atom. The van der Waals surface area contributed by atoms with Crippen LogP contribution in [0.25, 0.3) is 0 Å². The normalized spacial score (nSPS) is 18.1. The summed E-state index contributed by atoms with van der Waals surface area (Å²) in [6, 6.07) is 5.59. The van der Waals surface area contributed by atoms with Gasteiger partial charge in [-0.2, -0.15) is 0 Å². The topological polar surface area (TPSA) is 50.8 Å². The number of hydrogen-bond acceptors (Lipinski definition) is 4. The lowest BCUT2D eigenvalue weighted by atomic mass is 10.1. The van der Waals surface area contributed by atoms with Crippen molar-refractivity contribution >= 4 is 18.3 Å². The molecule has 1 N–H and O–H groups in total. The van der Waals surface area contributed by atoms with E-state index in [1.54, 1.807) is 32.4 Å². The molecule has 112 valence electrons. The zero-order chi connectivity index (χ0) is 13.8. The molecule has 1 fully saturated rings. The molecule has 1 heterocycles. The summed E-state index contributed by atoms with van der Waals surface area (Å²) in [7, 11) is 3.15. The third-order valence-electron chi connectivity index (χ3n) is 3.29. The van der Waals surface area contributed by atoms with Crippen molar-refractivity contribution in [3.63, 3.8) is 0 Å². The molecule has 0 bridgehead atoms. The van der Waals surface area contributed by atoms with Gasteiger partial charge in [0.2, 0.25) is 0 Å². The first-order valence-electron chi connectivity index (χ1n) is 6.40. The summed E-state index contributed by atoms with van der Waals surface area (Å²) in [4.78, 5) is 14.4. The van der Waals surface area contributed by atoms with E-state index >= 15 is 0 Å². The molecule has 2 rings (SSSR count). The number of methoxy groups -OCH3 is 2. The Kier molecular flexibility index (Phi) is 6.10. The Balaban J connectivity index is 0.00000200. The predicted octanol–water partition coefficient (Wildman–Crippen LogP) is 1.56. The van der Waals surface area contributed by atoms with E-state index in [2.05, 4.69) is 12.2 Å². The third-order valence-corrected chi connectivity index (χ3v) is 3.29. The molecule has 1 aliphatic heterocycles. The second-order valence-electron chi connectivity index (χ2n) is 4.67. The van der Waals surface area contributed by atoms with Crippen molar-refractivity contribution in [2.45, 2.75) is 13.0 Å². The van der Waals surface area contributed by atoms with Crippen LogP contribution in [0.2, 0.25) is 0 Å². The molecule has 0 radical (unpaired) electrons. The van der Waals surface area contributed by atoms with Gasteiger partial charge >= 0.3 is 0 Å². The molecular formula is C14H21ClN2O3. The minimum atomic E-state index is -0.0101. The van der Waals surface area contributed by atoms with Gasteiger partial charge in [-0.15, -0.1) is 12.4 Å². The van der Waals surface area contributed by atoms with Gasteiger partial charge in [-0.05, 0) is 25.1 Å². The molecule has 0 unspecified atom stereocenters. The largest absolute Gasteiger partial charge is 0.497 e. The fourth-order valence-electron chi connectivity index (χ4n) is 2.27. The summed E-state index contributed by atoms with van der Waals surface area (Å²) in [5.74, 6) is 1.23. The second kappa shape index (κ2) is 7.36. The Morgan fingerprint density at radius 1 is 1.35 bits per heavy atom. The molecule has 1 amide bonds. The molecule has 1 aliphatic rings. The molecule has 20 heavy (non-hydrogen) atoms. The Morgan fingerprint density at radius 3 is 2.70 bits per heavy atom. The van der Waals surface area contributed by atoms with Gasteiger partial charge in [0.25, 0.3) is 5.91 Å². The predicted molar refractivity (Wildman–Crippen MR) is 80.2 cm³/mol. The van der Waals surface area contributed by atoms with Gasteiger partial charge in [0.15, 0.2) is 0 Å². The first kappa shape index (κ1) is 16.6. The van der Waals surface area contributed by atoms with Crippen LogP contribution in [0.15, 0.2) is 18.2 Å². The minimum absolute atomic E-state index is 0. The molecule has 1 aromatic carbocycles. The number of nitrogens with one attached hydrogen (secondary N) is 1. The smallest absolute Gasteiger partial charge is 0.257 e. The first-order valence-corrected chi connectivity index (χ1v) is 6.40. The van der Waals surface area contributed by atoms with Gasteiger partial charge < -0.3 is 19.7 Å². The summed E-state index contributed by atoms with van der Waals surface area (Å²) >= 11 is 0. The van der Waals surface area contributed by atoms with Gasteiger partial charge in [0.05, 0.1) is 19.8 Å². The van der Waals surface area contributed by atoms with E-state index in [1.807, 2.05) is 4.90 Å². The van der Waals surface area contributed by atoms with Gasteiger partial charge in [-0.3, -0.25) is 4.79 Å². The average molecular weight is 301 g/mol. The molecule has 1 atom stereocenters. The molecule has 6 heteroatoms. The fraction of sp³-hybridized carbons (Fsp3) is 0.500. The maximum absolute atomic E-state index is 12.6. The summed E-state index contributed by atoms with van der Waals surface area (Å²) in [5, 5.41) is 3.32. The number of carbonyl (C=O) groups is 1. The number of rotatable bonds is 3. The van der Waals surface area contributed by atoms with Crippen molar-refractivity contribution < 1.29 is 14.3 Å². The molecule has 0 aromatic heterocycles. The van der Waals surface area contributed by atoms with Gasteiger partial charge in [-0.1, -0.05) is 0 Å². The average Bonchev–Trinajstić information content (AvgIpc) is 2.45. The van der Waals surface area contributed by atoms with Crippen LogP contribution in [0, 0.1) is 0 Å². The third kappa shape index (κ3) is 3.55. The molecular weight excluding hydrogens is 280 g/mol. The van der Waals surface area contributed by atoms with Gasteiger partial charge in [0.1, 0.15) is 11.5 Å². The number of carbonyl (C=O) groups excluding carboxylic acids is 1. The highest BCUT2D eigenvalue weighted by molar-refractivity contribution is 5.97. The highest BCUT2D eigenvalue weighted by atomic mass is 35.5. The van der Waals surface area contributed by atoms with E-state index in [1.165, 1.54) is 0 Å². The van der Waals surface area contributed by atoms with Crippen molar-refractivity contribution in [2.75, 3.05) is 33.9 Å². The second-order valence-corrected chi connectivity index (χ2v) is 4.67. The molecule has 1 saturated heterocycles. The molecule has 0 spiro atoms. The maximum atomic E-state index is 12.6. The van der Waals surface area contributed by atoms with Crippen LogP contribution in [0.4, 0.5) is 0 Å². The first-order chi connectivity index (χ1) is 9.15. The van der Waals surface area contributed by atoms with Crippen LogP contribution < -0.4 is 14.8 Å². The molecule has 5 nitrogen and oxygen atoms in total. The number of amides is 1. The van der Waals surface area contributed by atoms with Crippen LogP contribution in [0.5, 0.6) is 11.5 Å². The Hall–Kier alpha value is -1.46. The van der Waals surface area contributed by atoms with E-state index in [-0.39, 0.29) is 18.3 Å². The number of piperazine rings is 1. The Labute approximate surface area is 125 Å². The zero-order valence-electron chi connectivity index (χ0n) is 12.0. The quantitative estimate of drug-likeness (QED) is 0.920. The van der Waals surface area contributed by atoms with Crippen molar-refractivity contribution in [2.24, 2.45) is 0 Å². The lowest BCUT2D eigenvalue weighted by molar-refractivity contribution is 0.0705. The van der Waals surface area contributed by atoms with Crippen molar-refractivity contribution in [3.8, 4) is 11.5 Å². The summed E-state index contributed by atoms with van der Waals surface area (Å²) < 4.78 is 10.4. The van der Waals surface area contributed by atoms with Crippen LogP contribution in [0.3, 0.4) is 0 Å². The summed E-state index contributed by atoms with van der Waals surface area (Å²) in [6.45, 7) is 4.31. The molecule has 0 saturated carbocycles. The highest BCUT2D eigenvalue weighted by Crippen LogP contribution is 2.25. The van der Waals surface area contributed by atoms with E-state index in [0.29, 0.717) is 36.2 Å². The van der Waals surface area contributed by atoms with E-state index < -0.39 is 0 Å². The van der Waals surface area contributed by atoms with Crippen LogP contribution in [0.1, 0.15) is 17.3 Å². The lowest BCUT2D eigenvalue weighted by Gasteiger charge is -2.32. The lowest BCUT2D eigenvalue weighted by Crippen LogP contribution is -2.51. The van der Waals surface area contributed by atoms with E-state index in [9.17, 15) is 4.79 Å². The molecule has 0 aliphatic carbocycles. The number of nitrogens with zero attached hydrogens (tertiary/aromatic N) is 1. The van der Waals surface area contributed by atoms with Crippen LogP contribution in [-0.2, 0) is 0 Å². The fourth-order valence-corrected chi connectivity index (χ4v) is 2.27. The monoisotopic (exact) mass is 300 g/mol. The number of halogens is 1. The van der Waals surface area contributed by atoms with Crippen LogP contribution >= 0.6 is 12.4 Å². The van der Waals surface area contributed by atoms with Crippen molar-refractivity contribution in [1.82, 2.24) is 10.2 Å². The SMILES string of the molecule is COc1ccc(OC)c(C(=O)N2CCN[C@@H](C)C2)c1.Cl. The summed E-state index contributed by atoms with van der Waals surface area (Å²) in [6.07, 6.45) is 0. The maximum Gasteiger partial charge on any atom is 0.257 e. The van der Waals surface area contributed by atoms with Crippen LogP contribution in [-0.4, -0.2) is 50.7 Å². The summed E-state index contributed by atoms with van der Waals surface area (Å²) in [5.41, 5.74) is 0.552. The van der Waals surface area contributed by atoms with Crippen molar-refractivity contribution in [3.05, 3.63) is 23.8 Å².